The third-order valence-corrected chi connectivity index (χ3v) is 7.76. The molecule has 5 rings (SSSR count). The topological polar surface area (TPSA) is 93.3 Å². The van der Waals surface area contributed by atoms with Crippen molar-refractivity contribution < 1.29 is 9.53 Å². The van der Waals surface area contributed by atoms with Gasteiger partial charge in [0.15, 0.2) is 0 Å². The molecule has 0 spiro atoms. The smallest absolute Gasteiger partial charge is 0.248 e. The molecule has 2 atom stereocenters. The van der Waals surface area contributed by atoms with Crippen molar-refractivity contribution in [2.24, 2.45) is 5.73 Å². The Labute approximate surface area is 229 Å². The van der Waals surface area contributed by atoms with Crippen LogP contribution < -0.4 is 11.3 Å². The fourth-order valence-corrected chi connectivity index (χ4v) is 5.82. The number of nitrogens with two attached hydrogens (primary N) is 1. The fraction of sp³-hybridized carbons (Fsp3) is 0.375. The molecule has 7 heteroatoms. The van der Waals surface area contributed by atoms with Gasteiger partial charge in [0.2, 0.25) is 11.5 Å². The van der Waals surface area contributed by atoms with E-state index >= 15 is 0 Å². The predicted molar refractivity (Wildman–Crippen MR) is 156 cm³/mol. The standard InChI is InChI=1S/C32H38N4O3/c1-39-17-5-16-36-29-8-3-2-6-26(29)19-30(36)27-7-4-15-35(22-27)32(38)21-28(33)18-23-9-11-24(12-10-23)25-13-14-34-31(37)20-25/h2-3,6,8-14,19-20,27-28H,4-5,7,15-18,21-22,33H2,1H3,(H,34,37)/t27?,28-/m1/s1. The van der Waals surface area contributed by atoms with Gasteiger partial charge in [-0.3, -0.25) is 9.59 Å². The summed E-state index contributed by atoms with van der Waals surface area (Å²) in [4.78, 5) is 29.6. The third kappa shape index (κ3) is 6.49. The number of amides is 1. The number of aromatic amines is 1. The molecule has 0 saturated carbocycles. The number of H-pyrrole nitrogens is 1. The van der Waals surface area contributed by atoms with E-state index in [1.165, 1.54) is 16.6 Å². The van der Waals surface area contributed by atoms with Crippen molar-refractivity contribution in [2.75, 3.05) is 26.8 Å². The second-order valence-corrected chi connectivity index (χ2v) is 10.6. The molecule has 1 saturated heterocycles. The van der Waals surface area contributed by atoms with Crippen molar-refractivity contribution in [3.05, 3.63) is 94.5 Å². The average molecular weight is 527 g/mol. The molecule has 0 aliphatic carbocycles. The number of hydrogen-bond donors (Lipinski definition) is 2. The maximum atomic E-state index is 13.3. The van der Waals surface area contributed by atoms with Crippen molar-refractivity contribution >= 4 is 16.8 Å². The van der Waals surface area contributed by atoms with Gasteiger partial charge < -0.3 is 24.9 Å². The van der Waals surface area contributed by atoms with Crippen molar-refractivity contribution in [2.45, 2.75) is 50.6 Å². The highest BCUT2D eigenvalue weighted by atomic mass is 16.5. The first-order valence-electron chi connectivity index (χ1n) is 13.9. The molecule has 204 valence electrons. The van der Waals surface area contributed by atoms with Gasteiger partial charge in [0.05, 0.1) is 0 Å². The largest absolute Gasteiger partial charge is 0.385 e. The number of carbonyl (C=O) groups excluding carboxylic acids is 1. The van der Waals surface area contributed by atoms with Crippen LogP contribution in [-0.4, -0.2) is 53.2 Å². The summed E-state index contributed by atoms with van der Waals surface area (Å²) in [5.41, 5.74) is 11.8. The fourth-order valence-electron chi connectivity index (χ4n) is 5.82. The summed E-state index contributed by atoms with van der Waals surface area (Å²) < 4.78 is 7.73. The molecule has 7 nitrogen and oxygen atoms in total. The lowest BCUT2D eigenvalue weighted by molar-refractivity contribution is -0.132. The number of aromatic nitrogens is 2. The van der Waals surface area contributed by atoms with E-state index in [9.17, 15) is 9.59 Å². The first-order valence-corrected chi connectivity index (χ1v) is 13.9. The van der Waals surface area contributed by atoms with Crippen LogP contribution in [0.1, 0.15) is 42.9 Å². The lowest BCUT2D eigenvalue weighted by Crippen LogP contribution is -2.42. The van der Waals surface area contributed by atoms with E-state index in [1.807, 2.05) is 35.2 Å². The van der Waals surface area contributed by atoms with Crippen molar-refractivity contribution in [1.29, 1.82) is 0 Å². The summed E-state index contributed by atoms with van der Waals surface area (Å²) in [6.45, 7) is 3.16. The molecule has 3 heterocycles. The van der Waals surface area contributed by atoms with E-state index in [2.05, 4.69) is 39.9 Å². The minimum absolute atomic E-state index is 0.121. The Balaban J connectivity index is 1.21. The molecular formula is C32H38N4O3. The van der Waals surface area contributed by atoms with Gasteiger partial charge in [0, 0.05) is 75.2 Å². The zero-order valence-electron chi connectivity index (χ0n) is 22.6. The molecule has 1 fully saturated rings. The zero-order chi connectivity index (χ0) is 27.2. The lowest BCUT2D eigenvalue weighted by atomic mass is 9.93. The number of pyridine rings is 1. The molecule has 4 aromatic rings. The van der Waals surface area contributed by atoms with Crippen LogP contribution in [0, 0.1) is 0 Å². The van der Waals surface area contributed by atoms with E-state index in [0.717, 1.165) is 62.2 Å². The quantitative estimate of drug-likeness (QED) is 0.293. The van der Waals surface area contributed by atoms with Crippen LogP contribution in [-0.2, 0) is 22.5 Å². The SMILES string of the molecule is COCCCn1c(C2CCCN(C(=O)C[C@H](N)Cc3ccc(-c4cc[nH]c(=O)c4)cc3)C2)cc2ccccc21. The van der Waals surface area contributed by atoms with Crippen LogP contribution >= 0.6 is 0 Å². The summed E-state index contributed by atoms with van der Waals surface area (Å²) in [6.07, 6.45) is 5.65. The van der Waals surface area contributed by atoms with E-state index < -0.39 is 0 Å². The number of likely N-dealkylation sites (tertiary alicyclic amines) is 1. The number of nitrogens with zero attached hydrogens (tertiary/aromatic N) is 2. The van der Waals surface area contributed by atoms with Crippen LogP contribution in [0.25, 0.3) is 22.0 Å². The van der Waals surface area contributed by atoms with Gasteiger partial charge in [-0.15, -0.1) is 0 Å². The van der Waals surface area contributed by atoms with Crippen LogP contribution in [0.15, 0.2) is 77.7 Å². The first-order chi connectivity index (χ1) is 19.0. The van der Waals surface area contributed by atoms with Gasteiger partial charge in [-0.05, 0) is 66.0 Å². The van der Waals surface area contributed by atoms with Gasteiger partial charge in [-0.1, -0.05) is 42.5 Å². The van der Waals surface area contributed by atoms with Crippen LogP contribution in [0.2, 0.25) is 0 Å². The molecule has 3 N–H and O–H groups in total. The van der Waals surface area contributed by atoms with Crippen molar-refractivity contribution in [3.8, 4) is 11.1 Å². The highest BCUT2D eigenvalue weighted by Crippen LogP contribution is 2.32. The molecule has 2 aromatic heterocycles. The van der Waals surface area contributed by atoms with E-state index in [0.29, 0.717) is 18.8 Å². The predicted octanol–water partition coefficient (Wildman–Crippen LogP) is 4.70. The molecule has 1 aliphatic heterocycles. The van der Waals surface area contributed by atoms with Crippen LogP contribution in [0.3, 0.4) is 0 Å². The van der Waals surface area contributed by atoms with Gasteiger partial charge >= 0.3 is 0 Å². The molecule has 39 heavy (non-hydrogen) atoms. The lowest BCUT2D eigenvalue weighted by Gasteiger charge is -2.34. The minimum Gasteiger partial charge on any atom is -0.385 e. The number of benzene rings is 2. The van der Waals surface area contributed by atoms with Gasteiger partial charge in [-0.2, -0.15) is 0 Å². The molecule has 0 bridgehead atoms. The Morgan fingerprint density at radius 2 is 1.92 bits per heavy atom. The summed E-state index contributed by atoms with van der Waals surface area (Å²) in [7, 11) is 1.74. The second-order valence-electron chi connectivity index (χ2n) is 10.6. The Bertz CT molecular complexity index is 1460. The number of piperidine rings is 1. The van der Waals surface area contributed by atoms with Crippen molar-refractivity contribution in [3.63, 3.8) is 0 Å². The van der Waals surface area contributed by atoms with Crippen LogP contribution in [0.4, 0.5) is 0 Å². The average Bonchev–Trinajstić information content (AvgIpc) is 3.32. The van der Waals surface area contributed by atoms with Crippen LogP contribution in [0.5, 0.6) is 0 Å². The molecule has 1 amide bonds. The van der Waals surface area contributed by atoms with E-state index in [4.69, 9.17) is 10.5 Å². The highest BCUT2D eigenvalue weighted by molar-refractivity contribution is 5.82. The number of ether oxygens (including phenoxy) is 1. The highest BCUT2D eigenvalue weighted by Gasteiger charge is 2.28. The monoisotopic (exact) mass is 526 g/mol. The number of para-hydroxylation sites is 1. The van der Waals surface area contributed by atoms with Gasteiger partial charge in [-0.25, -0.2) is 0 Å². The van der Waals surface area contributed by atoms with E-state index in [1.54, 1.807) is 19.4 Å². The molecular weight excluding hydrogens is 488 g/mol. The summed E-state index contributed by atoms with van der Waals surface area (Å²) in [6, 6.07) is 22.1. The van der Waals surface area contributed by atoms with Gasteiger partial charge in [0.25, 0.3) is 0 Å². The maximum absolute atomic E-state index is 13.3. The number of rotatable bonds is 10. The summed E-state index contributed by atoms with van der Waals surface area (Å²) in [5, 5.41) is 1.25. The number of methoxy groups -OCH3 is 1. The molecule has 0 radical (unpaired) electrons. The van der Waals surface area contributed by atoms with Gasteiger partial charge in [0.1, 0.15) is 0 Å². The summed E-state index contributed by atoms with van der Waals surface area (Å²) in [5.74, 6) is 0.445. The first kappa shape index (κ1) is 26.9. The Hall–Kier alpha value is -3.68. The number of hydrogen-bond acceptors (Lipinski definition) is 4. The second kappa shape index (κ2) is 12.5. The maximum Gasteiger partial charge on any atom is 0.248 e. The molecule has 1 unspecified atom stereocenters. The summed E-state index contributed by atoms with van der Waals surface area (Å²) >= 11 is 0. The third-order valence-electron chi connectivity index (χ3n) is 7.76. The van der Waals surface area contributed by atoms with Crippen molar-refractivity contribution in [1.82, 2.24) is 14.5 Å². The Kier molecular flexibility index (Phi) is 8.59. The number of fused-ring (bicyclic) bond motifs is 1. The Morgan fingerprint density at radius 1 is 1.10 bits per heavy atom. The zero-order valence-corrected chi connectivity index (χ0v) is 22.6. The number of carbonyl (C=O) groups is 1. The normalized spacial score (nSPS) is 16.5. The molecule has 1 aliphatic rings. The number of nitrogens with one attached hydrogen (secondary N) is 1. The minimum atomic E-state index is -0.246. The number of aryl methyl sites for hydroxylation is 1. The van der Waals surface area contributed by atoms with E-state index in [-0.39, 0.29) is 17.5 Å². The molecule has 2 aromatic carbocycles. The Morgan fingerprint density at radius 3 is 2.72 bits per heavy atom.